The standard InChI is InChI=1S/C10H19N3O/c1-11-9(14)13-7-4-10(8-13)2-5-12-6-3-10/h12H,2-8H2,1H3,(H,11,14). The van der Waals surface area contributed by atoms with Gasteiger partial charge in [-0.05, 0) is 37.8 Å². The lowest BCUT2D eigenvalue weighted by Crippen LogP contribution is -2.41. The summed E-state index contributed by atoms with van der Waals surface area (Å²) in [5, 5.41) is 6.08. The van der Waals surface area contributed by atoms with Gasteiger partial charge in [-0.3, -0.25) is 0 Å². The Morgan fingerprint density at radius 1 is 1.36 bits per heavy atom. The van der Waals surface area contributed by atoms with Gasteiger partial charge in [-0.15, -0.1) is 0 Å². The van der Waals surface area contributed by atoms with Gasteiger partial charge < -0.3 is 15.5 Å². The minimum atomic E-state index is 0.0837. The van der Waals surface area contributed by atoms with E-state index in [-0.39, 0.29) is 6.03 Å². The van der Waals surface area contributed by atoms with Gasteiger partial charge in [0.25, 0.3) is 0 Å². The van der Waals surface area contributed by atoms with Gasteiger partial charge in [0.2, 0.25) is 0 Å². The van der Waals surface area contributed by atoms with Gasteiger partial charge in [0, 0.05) is 20.1 Å². The normalized spacial score (nSPS) is 25.4. The van der Waals surface area contributed by atoms with Crippen LogP contribution in [0.15, 0.2) is 0 Å². The summed E-state index contributed by atoms with van der Waals surface area (Å²) in [4.78, 5) is 13.4. The molecule has 0 radical (unpaired) electrons. The van der Waals surface area contributed by atoms with Crippen molar-refractivity contribution < 1.29 is 4.79 Å². The molecule has 0 aliphatic carbocycles. The molecule has 2 rings (SSSR count). The smallest absolute Gasteiger partial charge is 0.317 e. The first-order valence-electron chi connectivity index (χ1n) is 5.43. The third-order valence-corrected chi connectivity index (χ3v) is 3.60. The summed E-state index contributed by atoms with van der Waals surface area (Å²) in [6.45, 7) is 4.11. The molecule has 14 heavy (non-hydrogen) atoms. The molecule has 80 valence electrons. The quantitative estimate of drug-likeness (QED) is 0.590. The van der Waals surface area contributed by atoms with Crippen LogP contribution in [0.2, 0.25) is 0 Å². The van der Waals surface area contributed by atoms with Gasteiger partial charge >= 0.3 is 6.03 Å². The molecular formula is C10H19N3O. The average Bonchev–Trinajstić information content (AvgIpc) is 2.62. The van der Waals surface area contributed by atoms with E-state index in [0.29, 0.717) is 5.41 Å². The highest BCUT2D eigenvalue weighted by Gasteiger charge is 2.40. The Balaban J connectivity index is 1.95. The summed E-state index contributed by atoms with van der Waals surface area (Å²) in [6.07, 6.45) is 3.63. The number of carbonyl (C=O) groups is 1. The van der Waals surface area contributed by atoms with Crippen molar-refractivity contribution in [3.05, 3.63) is 0 Å². The molecule has 4 nitrogen and oxygen atoms in total. The van der Waals surface area contributed by atoms with Crippen molar-refractivity contribution in [2.75, 3.05) is 33.2 Å². The monoisotopic (exact) mass is 197 g/mol. The fraction of sp³-hybridized carbons (Fsp3) is 0.900. The summed E-state index contributed by atoms with van der Waals surface area (Å²) in [7, 11) is 1.70. The molecule has 0 aromatic rings. The van der Waals surface area contributed by atoms with Crippen molar-refractivity contribution in [2.45, 2.75) is 19.3 Å². The lowest BCUT2D eigenvalue weighted by Gasteiger charge is -2.33. The lowest BCUT2D eigenvalue weighted by molar-refractivity contribution is 0.184. The maximum absolute atomic E-state index is 11.4. The van der Waals surface area contributed by atoms with Crippen LogP contribution in [-0.4, -0.2) is 44.2 Å². The Labute approximate surface area is 85.0 Å². The second-order valence-corrected chi connectivity index (χ2v) is 4.48. The van der Waals surface area contributed by atoms with Gasteiger partial charge in [-0.1, -0.05) is 0 Å². The maximum Gasteiger partial charge on any atom is 0.317 e. The molecule has 0 atom stereocenters. The minimum Gasteiger partial charge on any atom is -0.341 e. The SMILES string of the molecule is CNC(=O)N1CCC2(CCNCC2)C1. The molecule has 0 bridgehead atoms. The highest BCUT2D eigenvalue weighted by Crippen LogP contribution is 2.38. The third kappa shape index (κ3) is 1.71. The largest absolute Gasteiger partial charge is 0.341 e. The number of carbonyl (C=O) groups excluding carboxylic acids is 1. The zero-order valence-electron chi connectivity index (χ0n) is 8.81. The van der Waals surface area contributed by atoms with Crippen LogP contribution in [0.4, 0.5) is 4.79 Å². The van der Waals surface area contributed by atoms with Gasteiger partial charge in [-0.2, -0.15) is 0 Å². The van der Waals surface area contributed by atoms with Crippen molar-refractivity contribution in [3.8, 4) is 0 Å². The second kappa shape index (κ2) is 3.77. The molecule has 1 spiro atoms. The van der Waals surface area contributed by atoms with Crippen LogP contribution in [0.25, 0.3) is 0 Å². The molecule has 2 saturated heterocycles. The molecule has 4 heteroatoms. The summed E-state index contributed by atoms with van der Waals surface area (Å²) in [6, 6.07) is 0.0837. The Morgan fingerprint density at radius 2 is 2.07 bits per heavy atom. The molecule has 2 fully saturated rings. The van der Waals surface area contributed by atoms with Gasteiger partial charge in [0.1, 0.15) is 0 Å². The summed E-state index contributed by atoms with van der Waals surface area (Å²) in [5.41, 5.74) is 0.428. The number of nitrogens with one attached hydrogen (secondary N) is 2. The number of likely N-dealkylation sites (tertiary alicyclic amines) is 1. The number of urea groups is 1. The molecule has 0 aromatic carbocycles. The van der Waals surface area contributed by atoms with Crippen molar-refractivity contribution in [1.82, 2.24) is 15.5 Å². The summed E-state index contributed by atoms with van der Waals surface area (Å²) in [5.74, 6) is 0. The number of amides is 2. The number of hydrogen-bond donors (Lipinski definition) is 2. The van der Waals surface area contributed by atoms with Gasteiger partial charge in [-0.25, -0.2) is 4.79 Å². The van der Waals surface area contributed by atoms with Crippen LogP contribution in [-0.2, 0) is 0 Å². The number of hydrogen-bond acceptors (Lipinski definition) is 2. The van der Waals surface area contributed by atoms with E-state index < -0.39 is 0 Å². The Morgan fingerprint density at radius 3 is 2.71 bits per heavy atom. The Hall–Kier alpha value is -0.770. The number of nitrogens with zero attached hydrogens (tertiary/aromatic N) is 1. The van der Waals surface area contributed by atoms with E-state index in [1.807, 2.05) is 4.90 Å². The first kappa shape index (κ1) is 9.77. The topological polar surface area (TPSA) is 44.4 Å². The Kier molecular flexibility index (Phi) is 2.63. The highest BCUT2D eigenvalue weighted by molar-refractivity contribution is 5.74. The van der Waals surface area contributed by atoms with Crippen molar-refractivity contribution in [2.24, 2.45) is 5.41 Å². The molecule has 2 aliphatic heterocycles. The fourth-order valence-corrected chi connectivity index (χ4v) is 2.63. The highest BCUT2D eigenvalue weighted by atomic mass is 16.2. The predicted octanol–water partition coefficient (Wildman–Crippen LogP) is 0.401. The average molecular weight is 197 g/mol. The molecule has 2 aliphatic rings. The molecule has 2 N–H and O–H groups in total. The van der Waals surface area contributed by atoms with E-state index in [1.165, 1.54) is 19.3 Å². The van der Waals surface area contributed by atoms with E-state index in [2.05, 4.69) is 10.6 Å². The van der Waals surface area contributed by atoms with E-state index >= 15 is 0 Å². The lowest BCUT2D eigenvalue weighted by atomic mass is 9.78. The summed E-state index contributed by atoms with van der Waals surface area (Å²) < 4.78 is 0. The molecule has 0 saturated carbocycles. The maximum atomic E-state index is 11.4. The Bertz CT molecular complexity index is 223. The van der Waals surface area contributed by atoms with Crippen LogP contribution < -0.4 is 10.6 Å². The van der Waals surface area contributed by atoms with Crippen LogP contribution >= 0.6 is 0 Å². The van der Waals surface area contributed by atoms with Crippen LogP contribution in [0.1, 0.15) is 19.3 Å². The zero-order valence-corrected chi connectivity index (χ0v) is 8.81. The number of rotatable bonds is 0. The second-order valence-electron chi connectivity index (χ2n) is 4.48. The number of piperidine rings is 1. The van der Waals surface area contributed by atoms with Gasteiger partial charge in [0.05, 0.1) is 0 Å². The predicted molar refractivity (Wildman–Crippen MR) is 55.2 cm³/mol. The van der Waals surface area contributed by atoms with Gasteiger partial charge in [0.15, 0.2) is 0 Å². The van der Waals surface area contributed by atoms with Crippen LogP contribution in [0.3, 0.4) is 0 Å². The third-order valence-electron chi connectivity index (χ3n) is 3.60. The summed E-state index contributed by atoms with van der Waals surface area (Å²) >= 11 is 0. The van der Waals surface area contributed by atoms with E-state index in [1.54, 1.807) is 7.05 Å². The minimum absolute atomic E-state index is 0.0837. The van der Waals surface area contributed by atoms with E-state index in [9.17, 15) is 4.79 Å². The van der Waals surface area contributed by atoms with Crippen molar-refractivity contribution in [3.63, 3.8) is 0 Å². The van der Waals surface area contributed by atoms with Crippen LogP contribution in [0.5, 0.6) is 0 Å². The zero-order chi connectivity index (χ0) is 10.0. The molecular weight excluding hydrogens is 178 g/mol. The van der Waals surface area contributed by atoms with Crippen molar-refractivity contribution >= 4 is 6.03 Å². The van der Waals surface area contributed by atoms with E-state index in [4.69, 9.17) is 0 Å². The fourth-order valence-electron chi connectivity index (χ4n) is 2.63. The first-order valence-corrected chi connectivity index (χ1v) is 5.43. The first-order chi connectivity index (χ1) is 6.76. The van der Waals surface area contributed by atoms with Crippen molar-refractivity contribution in [1.29, 1.82) is 0 Å². The molecule has 0 aromatic heterocycles. The molecule has 0 unspecified atom stereocenters. The molecule has 2 heterocycles. The van der Waals surface area contributed by atoms with E-state index in [0.717, 1.165) is 26.2 Å². The molecule has 2 amide bonds. The van der Waals surface area contributed by atoms with Crippen LogP contribution in [0, 0.1) is 5.41 Å².